The SMILES string of the molecule is Cc1nn(C)cc1CN(C)C1CCN(C(=O)[C@H]2CCCO2)CC1. The summed E-state index contributed by atoms with van der Waals surface area (Å²) in [5, 5.41) is 4.41. The van der Waals surface area contributed by atoms with E-state index >= 15 is 0 Å². The third kappa shape index (κ3) is 3.75. The molecule has 0 bridgehead atoms. The van der Waals surface area contributed by atoms with Gasteiger partial charge in [-0.3, -0.25) is 14.4 Å². The van der Waals surface area contributed by atoms with Crippen LogP contribution in [0.5, 0.6) is 0 Å². The third-order valence-electron chi connectivity index (χ3n) is 5.14. The van der Waals surface area contributed by atoms with Gasteiger partial charge in [0.25, 0.3) is 5.91 Å². The Kier molecular flexibility index (Phi) is 5.02. The van der Waals surface area contributed by atoms with Gasteiger partial charge in [0.2, 0.25) is 0 Å². The van der Waals surface area contributed by atoms with Gasteiger partial charge < -0.3 is 9.64 Å². The van der Waals surface area contributed by atoms with Crippen LogP contribution in [0, 0.1) is 6.92 Å². The van der Waals surface area contributed by atoms with Gasteiger partial charge in [-0.05, 0) is 39.7 Å². The molecule has 3 rings (SSSR count). The second kappa shape index (κ2) is 7.01. The first-order valence-electron chi connectivity index (χ1n) is 8.64. The van der Waals surface area contributed by atoms with Gasteiger partial charge in [0.1, 0.15) is 6.10 Å². The second-order valence-electron chi connectivity index (χ2n) is 6.89. The fourth-order valence-corrected chi connectivity index (χ4v) is 3.70. The molecule has 0 N–H and O–H groups in total. The number of aryl methyl sites for hydroxylation is 2. The van der Waals surface area contributed by atoms with Gasteiger partial charge in [-0.1, -0.05) is 0 Å². The van der Waals surface area contributed by atoms with Crippen molar-refractivity contribution in [2.45, 2.75) is 51.3 Å². The van der Waals surface area contributed by atoms with Gasteiger partial charge in [-0.25, -0.2) is 0 Å². The molecule has 1 amide bonds. The van der Waals surface area contributed by atoms with Crippen LogP contribution in [0.1, 0.15) is 36.9 Å². The summed E-state index contributed by atoms with van der Waals surface area (Å²) in [7, 11) is 4.14. The van der Waals surface area contributed by atoms with Crippen molar-refractivity contribution < 1.29 is 9.53 Å². The Balaban J connectivity index is 1.50. The number of nitrogens with zero attached hydrogens (tertiary/aromatic N) is 4. The summed E-state index contributed by atoms with van der Waals surface area (Å²) >= 11 is 0. The molecule has 0 unspecified atom stereocenters. The molecule has 2 fully saturated rings. The van der Waals surface area contributed by atoms with E-state index in [-0.39, 0.29) is 12.0 Å². The number of piperidine rings is 1. The number of carbonyl (C=O) groups is 1. The first kappa shape index (κ1) is 16.5. The van der Waals surface area contributed by atoms with Crippen LogP contribution in [0.4, 0.5) is 0 Å². The lowest BCUT2D eigenvalue weighted by molar-refractivity contribution is -0.142. The lowest BCUT2D eigenvalue weighted by atomic mass is 10.0. The van der Waals surface area contributed by atoms with E-state index in [0.717, 1.165) is 57.6 Å². The molecule has 6 nitrogen and oxygen atoms in total. The fraction of sp³-hybridized carbons (Fsp3) is 0.765. The molecule has 23 heavy (non-hydrogen) atoms. The molecule has 1 aromatic rings. The van der Waals surface area contributed by atoms with E-state index in [1.54, 1.807) is 0 Å². The van der Waals surface area contributed by atoms with E-state index < -0.39 is 0 Å². The van der Waals surface area contributed by atoms with E-state index in [2.05, 4.69) is 30.2 Å². The maximum atomic E-state index is 12.4. The van der Waals surface area contributed by atoms with Gasteiger partial charge >= 0.3 is 0 Å². The van der Waals surface area contributed by atoms with E-state index in [4.69, 9.17) is 4.74 Å². The number of aromatic nitrogens is 2. The monoisotopic (exact) mass is 320 g/mol. The summed E-state index contributed by atoms with van der Waals surface area (Å²) < 4.78 is 7.40. The highest BCUT2D eigenvalue weighted by molar-refractivity contribution is 5.81. The van der Waals surface area contributed by atoms with Crippen LogP contribution in [-0.2, 0) is 23.1 Å². The average Bonchev–Trinajstić information content (AvgIpc) is 3.17. The molecule has 0 spiro atoms. The van der Waals surface area contributed by atoms with E-state index in [1.165, 1.54) is 5.56 Å². The molecule has 1 aromatic heterocycles. The summed E-state index contributed by atoms with van der Waals surface area (Å²) in [5.41, 5.74) is 2.39. The predicted molar refractivity (Wildman–Crippen MR) is 88.0 cm³/mol. The molecule has 0 saturated carbocycles. The largest absolute Gasteiger partial charge is 0.368 e. The molecule has 1 atom stereocenters. The quantitative estimate of drug-likeness (QED) is 0.840. The average molecular weight is 320 g/mol. The molecule has 2 aliphatic rings. The normalized spacial score (nSPS) is 23.0. The number of ether oxygens (including phenoxy) is 1. The van der Waals surface area contributed by atoms with Crippen molar-refractivity contribution in [1.29, 1.82) is 0 Å². The minimum Gasteiger partial charge on any atom is -0.368 e. The Bertz CT molecular complexity index is 543. The summed E-state index contributed by atoms with van der Waals surface area (Å²) in [6.07, 6.45) is 5.89. The molecule has 2 aliphatic heterocycles. The van der Waals surface area contributed by atoms with Gasteiger partial charge in [-0.15, -0.1) is 0 Å². The lowest BCUT2D eigenvalue weighted by Gasteiger charge is -2.37. The van der Waals surface area contributed by atoms with E-state index in [9.17, 15) is 4.79 Å². The Morgan fingerprint density at radius 3 is 2.70 bits per heavy atom. The first-order chi connectivity index (χ1) is 11.0. The highest BCUT2D eigenvalue weighted by Crippen LogP contribution is 2.21. The van der Waals surface area contributed by atoms with E-state index in [1.807, 2.05) is 16.6 Å². The maximum absolute atomic E-state index is 12.4. The smallest absolute Gasteiger partial charge is 0.251 e. The van der Waals surface area contributed by atoms with Crippen molar-refractivity contribution in [3.05, 3.63) is 17.5 Å². The number of rotatable bonds is 4. The van der Waals surface area contributed by atoms with Crippen molar-refractivity contribution in [2.75, 3.05) is 26.7 Å². The molecule has 0 aliphatic carbocycles. The van der Waals surface area contributed by atoms with Crippen LogP contribution in [0.2, 0.25) is 0 Å². The number of hydrogen-bond donors (Lipinski definition) is 0. The van der Waals surface area contributed by atoms with Crippen molar-refractivity contribution in [1.82, 2.24) is 19.6 Å². The topological polar surface area (TPSA) is 50.6 Å². The van der Waals surface area contributed by atoms with Crippen molar-refractivity contribution in [2.24, 2.45) is 7.05 Å². The minimum absolute atomic E-state index is 0.178. The predicted octanol–water partition coefficient (Wildman–Crippen LogP) is 1.33. The van der Waals surface area contributed by atoms with Crippen LogP contribution < -0.4 is 0 Å². The highest BCUT2D eigenvalue weighted by Gasteiger charge is 2.31. The molecular weight excluding hydrogens is 292 g/mol. The van der Waals surface area contributed by atoms with Crippen LogP contribution in [0.25, 0.3) is 0 Å². The van der Waals surface area contributed by atoms with Crippen molar-refractivity contribution in [3.63, 3.8) is 0 Å². The molecule has 0 aromatic carbocycles. The van der Waals surface area contributed by atoms with Crippen LogP contribution in [0.15, 0.2) is 6.20 Å². The van der Waals surface area contributed by atoms with Crippen LogP contribution in [-0.4, -0.2) is 64.4 Å². The standard InChI is InChI=1S/C17H28N4O2/c1-13-14(12-20(3)18-13)11-19(2)15-6-8-21(9-7-15)17(22)16-5-4-10-23-16/h12,15-16H,4-11H2,1-3H3/t16-/m1/s1. The summed E-state index contributed by atoms with van der Waals surface area (Å²) in [6, 6.07) is 0.531. The van der Waals surface area contributed by atoms with Crippen molar-refractivity contribution in [3.8, 4) is 0 Å². The molecule has 2 saturated heterocycles. The molecule has 0 radical (unpaired) electrons. The first-order valence-corrected chi connectivity index (χ1v) is 8.64. The zero-order valence-electron chi connectivity index (χ0n) is 14.5. The zero-order chi connectivity index (χ0) is 16.4. The molecular formula is C17H28N4O2. The molecule has 6 heteroatoms. The van der Waals surface area contributed by atoms with Gasteiger partial charge in [-0.2, -0.15) is 5.10 Å². The van der Waals surface area contributed by atoms with Gasteiger partial charge in [0.15, 0.2) is 0 Å². The second-order valence-corrected chi connectivity index (χ2v) is 6.89. The van der Waals surface area contributed by atoms with Crippen molar-refractivity contribution >= 4 is 5.91 Å². The van der Waals surface area contributed by atoms with Gasteiger partial charge in [0.05, 0.1) is 5.69 Å². The van der Waals surface area contributed by atoms with Gasteiger partial charge in [0, 0.05) is 51.1 Å². The van der Waals surface area contributed by atoms with Crippen LogP contribution in [0.3, 0.4) is 0 Å². The zero-order valence-corrected chi connectivity index (χ0v) is 14.5. The number of carbonyl (C=O) groups excluding carboxylic acids is 1. The summed E-state index contributed by atoms with van der Waals surface area (Å²) in [6.45, 7) is 5.41. The Morgan fingerprint density at radius 2 is 2.13 bits per heavy atom. The Morgan fingerprint density at radius 1 is 1.39 bits per heavy atom. The summed E-state index contributed by atoms with van der Waals surface area (Å²) in [4.78, 5) is 16.8. The molecule has 128 valence electrons. The third-order valence-corrected chi connectivity index (χ3v) is 5.14. The van der Waals surface area contributed by atoms with E-state index in [0.29, 0.717) is 6.04 Å². The maximum Gasteiger partial charge on any atom is 0.251 e. The fourth-order valence-electron chi connectivity index (χ4n) is 3.70. The number of hydrogen-bond acceptors (Lipinski definition) is 4. The minimum atomic E-state index is -0.178. The molecule has 3 heterocycles. The van der Waals surface area contributed by atoms with Crippen LogP contribution >= 0.6 is 0 Å². The number of likely N-dealkylation sites (tertiary alicyclic amines) is 1. The lowest BCUT2D eigenvalue weighted by Crippen LogP contribution is -2.48. The Labute approximate surface area is 138 Å². The highest BCUT2D eigenvalue weighted by atomic mass is 16.5. The Hall–Kier alpha value is -1.40. The summed E-state index contributed by atoms with van der Waals surface area (Å²) in [5.74, 6) is 0.201. The number of amides is 1.